The van der Waals surface area contributed by atoms with Gasteiger partial charge in [0.2, 0.25) is 5.91 Å². The summed E-state index contributed by atoms with van der Waals surface area (Å²) in [6.07, 6.45) is 3.29. The monoisotopic (exact) mass is 357 g/mol. The molecule has 0 aromatic carbocycles. The molecule has 1 amide bonds. The van der Waals surface area contributed by atoms with Gasteiger partial charge in [-0.2, -0.15) is 5.10 Å². The van der Waals surface area contributed by atoms with E-state index < -0.39 is 5.97 Å². The maximum Gasteiger partial charge on any atom is 0.340 e. The Morgan fingerprint density at radius 3 is 2.90 bits per heavy atom. The lowest BCUT2D eigenvalue weighted by atomic mass is 10.3. The van der Waals surface area contributed by atoms with Crippen molar-refractivity contribution in [3.63, 3.8) is 0 Å². The van der Waals surface area contributed by atoms with E-state index in [1.807, 2.05) is 6.92 Å². The SMILES string of the molecule is COC(=O)c1cc(C)sc1NC(=O)Cn1cc(Br)cn1. The standard InChI is InChI=1S/C12H12BrN3O3S/c1-7-3-9(12(18)19-2)11(20-7)15-10(17)6-16-5-8(13)4-14-16/h3-5H,6H2,1-2H3,(H,15,17). The molecule has 2 heterocycles. The Labute approximate surface area is 127 Å². The highest BCUT2D eigenvalue weighted by Crippen LogP contribution is 2.28. The Morgan fingerprint density at radius 1 is 1.55 bits per heavy atom. The van der Waals surface area contributed by atoms with Crippen LogP contribution in [0.3, 0.4) is 0 Å². The van der Waals surface area contributed by atoms with Crippen LogP contribution in [0.2, 0.25) is 0 Å². The maximum absolute atomic E-state index is 11.9. The molecule has 0 aliphatic rings. The van der Waals surface area contributed by atoms with E-state index in [2.05, 4.69) is 31.1 Å². The molecular weight excluding hydrogens is 346 g/mol. The highest BCUT2D eigenvalue weighted by Gasteiger charge is 2.17. The molecule has 1 N–H and O–H groups in total. The number of anilines is 1. The molecule has 8 heteroatoms. The number of esters is 1. The fourth-order valence-corrected chi connectivity index (χ4v) is 2.85. The van der Waals surface area contributed by atoms with Gasteiger partial charge in [-0.15, -0.1) is 11.3 Å². The van der Waals surface area contributed by atoms with Crippen molar-refractivity contribution in [3.05, 3.63) is 33.4 Å². The molecule has 6 nitrogen and oxygen atoms in total. The smallest absolute Gasteiger partial charge is 0.340 e. The second-order valence-electron chi connectivity index (χ2n) is 4.00. The Morgan fingerprint density at radius 2 is 2.30 bits per heavy atom. The molecule has 0 unspecified atom stereocenters. The maximum atomic E-state index is 11.9. The molecule has 0 radical (unpaired) electrons. The lowest BCUT2D eigenvalue weighted by molar-refractivity contribution is -0.116. The Balaban J connectivity index is 2.09. The molecule has 0 fully saturated rings. The second kappa shape index (κ2) is 6.19. The summed E-state index contributed by atoms with van der Waals surface area (Å²) in [4.78, 5) is 24.4. The molecule has 0 bridgehead atoms. The number of rotatable bonds is 4. The molecule has 2 aromatic heterocycles. The van der Waals surface area contributed by atoms with Crippen LogP contribution in [0.15, 0.2) is 22.9 Å². The van der Waals surface area contributed by atoms with E-state index in [4.69, 9.17) is 0 Å². The summed E-state index contributed by atoms with van der Waals surface area (Å²) >= 11 is 4.59. The van der Waals surface area contributed by atoms with Crippen LogP contribution in [0, 0.1) is 6.92 Å². The van der Waals surface area contributed by atoms with Gasteiger partial charge in [-0.05, 0) is 28.9 Å². The summed E-state index contributed by atoms with van der Waals surface area (Å²) in [6, 6.07) is 1.69. The number of amides is 1. The van der Waals surface area contributed by atoms with Gasteiger partial charge in [0.15, 0.2) is 0 Å². The molecule has 20 heavy (non-hydrogen) atoms. The average molecular weight is 358 g/mol. The van der Waals surface area contributed by atoms with Gasteiger partial charge in [-0.25, -0.2) is 4.79 Å². The van der Waals surface area contributed by atoms with Gasteiger partial charge in [0.05, 0.1) is 23.3 Å². The number of carbonyl (C=O) groups is 2. The molecule has 2 aromatic rings. The van der Waals surface area contributed by atoms with E-state index in [9.17, 15) is 9.59 Å². The van der Waals surface area contributed by atoms with Crippen LogP contribution in [-0.2, 0) is 16.1 Å². The van der Waals surface area contributed by atoms with Gasteiger partial charge in [-0.1, -0.05) is 0 Å². The molecule has 0 spiro atoms. The summed E-state index contributed by atoms with van der Waals surface area (Å²) < 4.78 is 6.98. The zero-order valence-corrected chi connectivity index (χ0v) is 13.2. The number of halogens is 1. The van der Waals surface area contributed by atoms with Crippen molar-refractivity contribution in [1.82, 2.24) is 9.78 Å². The van der Waals surface area contributed by atoms with Crippen LogP contribution < -0.4 is 5.32 Å². The minimum absolute atomic E-state index is 0.0726. The number of aromatic nitrogens is 2. The summed E-state index contributed by atoms with van der Waals surface area (Å²) in [7, 11) is 1.31. The molecule has 0 saturated carbocycles. The minimum Gasteiger partial charge on any atom is -0.465 e. The number of aryl methyl sites for hydroxylation is 1. The quantitative estimate of drug-likeness (QED) is 0.852. The van der Waals surface area contributed by atoms with Crippen LogP contribution in [0.1, 0.15) is 15.2 Å². The first-order chi connectivity index (χ1) is 9.49. The van der Waals surface area contributed by atoms with Gasteiger partial charge in [-0.3, -0.25) is 9.48 Å². The van der Waals surface area contributed by atoms with Crippen molar-refractivity contribution in [2.24, 2.45) is 0 Å². The predicted molar refractivity (Wildman–Crippen MR) is 79.0 cm³/mol. The number of hydrogen-bond donors (Lipinski definition) is 1. The lowest BCUT2D eigenvalue weighted by Gasteiger charge is -2.05. The summed E-state index contributed by atoms with van der Waals surface area (Å²) in [6.45, 7) is 1.93. The second-order valence-corrected chi connectivity index (χ2v) is 6.17. The minimum atomic E-state index is -0.466. The van der Waals surface area contributed by atoms with Gasteiger partial charge in [0.25, 0.3) is 0 Å². The predicted octanol–water partition coefficient (Wildman–Crippen LogP) is 2.44. The van der Waals surface area contributed by atoms with Crippen molar-refractivity contribution < 1.29 is 14.3 Å². The normalized spacial score (nSPS) is 10.3. The lowest BCUT2D eigenvalue weighted by Crippen LogP contribution is -2.19. The first kappa shape index (κ1) is 14.7. The topological polar surface area (TPSA) is 73.2 Å². The number of carbonyl (C=O) groups excluding carboxylic acids is 2. The Kier molecular flexibility index (Phi) is 4.56. The summed E-state index contributed by atoms with van der Waals surface area (Å²) in [5, 5.41) is 7.20. The van der Waals surface area contributed by atoms with Gasteiger partial charge in [0, 0.05) is 11.1 Å². The summed E-state index contributed by atoms with van der Waals surface area (Å²) in [5.74, 6) is -0.723. The van der Waals surface area contributed by atoms with Crippen LogP contribution in [0.25, 0.3) is 0 Å². The van der Waals surface area contributed by atoms with E-state index in [-0.39, 0.29) is 12.5 Å². The third-order valence-electron chi connectivity index (χ3n) is 2.42. The number of thiophene rings is 1. The number of nitrogens with zero attached hydrogens (tertiary/aromatic N) is 2. The number of nitrogens with one attached hydrogen (secondary N) is 1. The zero-order chi connectivity index (χ0) is 14.7. The third-order valence-corrected chi connectivity index (χ3v) is 3.80. The van der Waals surface area contributed by atoms with Crippen LogP contribution >= 0.6 is 27.3 Å². The highest BCUT2D eigenvalue weighted by atomic mass is 79.9. The van der Waals surface area contributed by atoms with Crippen molar-refractivity contribution >= 4 is 44.1 Å². The van der Waals surface area contributed by atoms with Crippen LogP contribution in [0.4, 0.5) is 5.00 Å². The number of hydrogen-bond acceptors (Lipinski definition) is 5. The zero-order valence-electron chi connectivity index (χ0n) is 10.8. The third kappa shape index (κ3) is 3.45. The van der Waals surface area contributed by atoms with E-state index in [1.54, 1.807) is 18.5 Å². The van der Waals surface area contributed by atoms with Crippen molar-refractivity contribution in [2.75, 3.05) is 12.4 Å². The van der Waals surface area contributed by atoms with Crippen LogP contribution in [-0.4, -0.2) is 28.8 Å². The fraction of sp³-hybridized carbons (Fsp3) is 0.250. The Hall–Kier alpha value is -1.67. The number of methoxy groups -OCH3 is 1. The van der Waals surface area contributed by atoms with E-state index in [1.165, 1.54) is 23.1 Å². The fourth-order valence-electron chi connectivity index (χ4n) is 1.61. The van der Waals surface area contributed by atoms with E-state index >= 15 is 0 Å². The van der Waals surface area contributed by atoms with Crippen LogP contribution in [0.5, 0.6) is 0 Å². The van der Waals surface area contributed by atoms with E-state index in [0.717, 1.165) is 9.35 Å². The van der Waals surface area contributed by atoms with Crippen molar-refractivity contribution in [1.29, 1.82) is 0 Å². The van der Waals surface area contributed by atoms with Gasteiger partial charge >= 0.3 is 5.97 Å². The van der Waals surface area contributed by atoms with E-state index in [0.29, 0.717) is 10.6 Å². The molecule has 0 saturated heterocycles. The molecule has 0 atom stereocenters. The van der Waals surface area contributed by atoms with Gasteiger partial charge < -0.3 is 10.1 Å². The first-order valence-electron chi connectivity index (χ1n) is 5.66. The Bertz CT molecular complexity index is 650. The first-order valence-corrected chi connectivity index (χ1v) is 7.27. The molecule has 0 aliphatic heterocycles. The summed E-state index contributed by atoms with van der Waals surface area (Å²) in [5.41, 5.74) is 0.366. The van der Waals surface area contributed by atoms with Crippen molar-refractivity contribution in [3.8, 4) is 0 Å². The molecule has 0 aliphatic carbocycles. The molecule has 106 valence electrons. The largest absolute Gasteiger partial charge is 0.465 e. The molecular formula is C12H12BrN3O3S. The highest BCUT2D eigenvalue weighted by molar-refractivity contribution is 9.10. The molecule has 2 rings (SSSR count). The van der Waals surface area contributed by atoms with Gasteiger partial charge in [0.1, 0.15) is 11.5 Å². The average Bonchev–Trinajstić information content (AvgIpc) is 2.94. The number of ether oxygens (including phenoxy) is 1. The van der Waals surface area contributed by atoms with Crippen molar-refractivity contribution in [2.45, 2.75) is 13.5 Å².